The minimum atomic E-state index is 0.431. The van der Waals surface area contributed by atoms with Gasteiger partial charge in [-0.3, -0.25) is 0 Å². The minimum absolute atomic E-state index is 0.431. The molecule has 0 aliphatic carbocycles. The Morgan fingerprint density at radius 1 is 1.56 bits per heavy atom. The van der Waals surface area contributed by atoms with E-state index in [2.05, 4.69) is 0 Å². The van der Waals surface area contributed by atoms with Crippen LogP contribution in [0, 0.1) is 0 Å². The minimum Gasteiger partial charge on any atom is -0.379 e. The lowest BCUT2D eigenvalue weighted by Crippen LogP contribution is -1.99. The SMILES string of the molecule is CC.CCOCC1CO1. The second kappa shape index (κ2) is 6.05. The highest BCUT2D eigenvalue weighted by atomic mass is 16.6. The summed E-state index contributed by atoms with van der Waals surface area (Å²) in [6, 6.07) is 0. The second-order valence-electron chi connectivity index (χ2n) is 1.61. The quantitative estimate of drug-likeness (QED) is 0.542. The van der Waals surface area contributed by atoms with Crippen molar-refractivity contribution in [1.82, 2.24) is 0 Å². The van der Waals surface area contributed by atoms with Crippen LogP contribution < -0.4 is 0 Å². The summed E-state index contributed by atoms with van der Waals surface area (Å²) < 4.78 is 9.92. The summed E-state index contributed by atoms with van der Waals surface area (Å²) in [5.41, 5.74) is 0. The Morgan fingerprint density at radius 2 is 2.11 bits per heavy atom. The van der Waals surface area contributed by atoms with Crippen molar-refractivity contribution in [2.45, 2.75) is 26.9 Å². The molecule has 0 N–H and O–H groups in total. The van der Waals surface area contributed by atoms with Gasteiger partial charge in [-0.05, 0) is 6.92 Å². The van der Waals surface area contributed by atoms with Crippen molar-refractivity contribution in [3.63, 3.8) is 0 Å². The van der Waals surface area contributed by atoms with Gasteiger partial charge in [0, 0.05) is 6.61 Å². The fourth-order valence-corrected chi connectivity index (χ4v) is 0.414. The molecule has 0 amide bonds. The molecule has 1 aliphatic rings. The topological polar surface area (TPSA) is 21.8 Å². The number of epoxide rings is 1. The van der Waals surface area contributed by atoms with E-state index in [1.165, 1.54) is 0 Å². The van der Waals surface area contributed by atoms with Crippen LogP contribution in [0.25, 0.3) is 0 Å². The van der Waals surface area contributed by atoms with E-state index in [1.807, 2.05) is 20.8 Å². The molecule has 1 atom stereocenters. The summed E-state index contributed by atoms with van der Waals surface area (Å²) in [5.74, 6) is 0. The fourth-order valence-electron chi connectivity index (χ4n) is 0.414. The zero-order chi connectivity index (χ0) is 7.11. The molecule has 0 aromatic rings. The molecule has 9 heavy (non-hydrogen) atoms. The molecule has 1 aliphatic heterocycles. The Hall–Kier alpha value is -0.0800. The van der Waals surface area contributed by atoms with Gasteiger partial charge in [0.2, 0.25) is 0 Å². The van der Waals surface area contributed by atoms with Crippen LogP contribution in [0.1, 0.15) is 20.8 Å². The van der Waals surface area contributed by atoms with E-state index in [0.29, 0.717) is 6.10 Å². The average Bonchev–Trinajstić information content (AvgIpc) is 2.71. The molecule has 0 saturated carbocycles. The molecule has 56 valence electrons. The van der Waals surface area contributed by atoms with Crippen LogP contribution in [0.4, 0.5) is 0 Å². The van der Waals surface area contributed by atoms with Crippen molar-refractivity contribution in [2.24, 2.45) is 0 Å². The Balaban J connectivity index is 0.000000291. The van der Waals surface area contributed by atoms with E-state index in [-0.39, 0.29) is 0 Å². The highest BCUT2D eigenvalue weighted by Gasteiger charge is 2.21. The summed E-state index contributed by atoms with van der Waals surface area (Å²) in [7, 11) is 0. The lowest BCUT2D eigenvalue weighted by Gasteiger charge is -1.91. The summed E-state index contributed by atoms with van der Waals surface area (Å²) in [6.07, 6.45) is 0.431. The summed E-state index contributed by atoms with van der Waals surface area (Å²) >= 11 is 0. The Bertz CT molecular complexity index is 50.9. The number of hydrogen-bond donors (Lipinski definition) is 0. The highest BCUT2D eigenvalue weighted by Crippen LogP contribution is 2.07. The number of rotatable bonds is 3. The molecule has 0 aromatic heterocycles. The maximum atomic E-state index is 5.03. The maximum absolute atomic E-state index is 5.03. The van der Waals surface area contributed by atoms with E-state index in [1.54, 1.807) is 0 Å². The van der Waals surface area contributed by atoms with Crippen LogP contribution in [-0.4, -0.2) is 25.9 Å². The molecule has 0 aromatic carbocycles. The van der Waals surface area contributed by atoms with Crippen molar-refractivity contribution < 1.29 is 9.47 Å². The van der Waals surface area contributed by atoms with Crippen LogP contribution in [0.3, 0.4) is 0 Å². The molecule has 0 radical (unpaired) electrons. The van der Waals surface area contributed by atoms with E-state index in [4.69, 9.17) is 9.47 Å². The van der Waals surface area contributed by atoms with Gasteiger partial charge in [-0.25, -0.2) is 0 Å². The lowest BCUT2D eigenvalue weighted by molar-refractivity contribution is 0.128. The molecule has 0 bridgehead atoms. The van der Waals surface area contributed by atoms with Gasteiger partial charge < -0.3 is 9.47 Å². The molecule has 1 unspecified atom stereocenters. The maximum Gasteiger partial charge on any atom is 0.104 e. The first-order valence-electron chi connectivity index (χ1n) is 3.63. The van der Waals surface area contributed by atoms with Gasteiger partial charge >= 0.3 is 0 Å². The van der Waals surface area contributed by atoms with Crippen molar-refractivity contribution >= 4 is 0 Å². The smallest absolute Gasteiger partial charge is 0.104 e. The first-order valence-corrected chi connectivity index (χ1v) is 3.63. The molecule has 2 nitrogen and oxygen atoms in total. The number of hydrogen-bond acceptors (Lipinski definition) is 2. The standard InChI is InChI=1S/C5H10O2.C2H6/c1-2-6-3-5-4-7-5;1-2/h5H,2-4H2,1H3;1-2H3. The van der Waals surface area contributed by atoms with Gasteiger partial charge in [0.05, 0.1) is 13.2 Å². The lowest BCUT2D eigenvalue weighted by atomic mass is 10.5. The third-order valence-corrected chi connectivity index (χ3v) is 0.910. The van der Waals surface area contributed by atoms with Gasteiger partial charge in [0.15, 0.2) is 0 Å². The molecule has 1 heterocycles. The Labute approximate surface area is 57.2 Å². The first-order chi connectivity index (χ1) is 4.43. The first kappa shape index (κ1) is 8.92. The van der Waals surface area contributed by atoms with E-state index in [9.17, 15) is 0 Å². The molecule has 1 rings (SSSR count). The second-order valence-corrected chi connectivity index (χ2v) is 1.61. The van der Waals surface area contributed by atoms with Gasteiger partial charge in [-0.15, -0.1) is 0 Å². The van der Waals surface area contributed by atoms with Crippen LogP contribution in [0.15, 0.2) is 0 Å². The predicted molar refractivity (Wildman–Crippen MR) is 37.6 cm³/mol. The highest BCUT2D eigenvalue weighted by molar-refractivity contribution is 4.66. The van der Waals surface area contributed by atoms with Crippen molar-refractivity contribution in [3.05, 3.63) is 0 Å². The van der Waals surface area contributed by atoms with E-state index < -0.39 is 0 Å². The van der Waals surface area contributed by atoms with Crippen LogP contribution in [-0.2, 0) is 9.47 Å². The summed E-state index contributed by atoms with van der Waals surface area (Å²) in [4.78, 5) is 0. The van der Waals surface area contributed by atoms with Crippen molar-refractivity contribution in [1.29, 1.82) is 0 Å². The zero-order valence-electron chi connectivity index (χ0n) is 6.52. The monoisotopic (exact) mass is 132 g/mol. The average molecular weight is 132 g/mol. The van der Waals surface area contributed by atoms with Gasteiger partial charge in [0.1, 0.15) is 6.10 Å². The van der Waals surface area contributed by atoms with Gasteiger partial charge in [-0.1, -0.05) is 13.8 Å². The van der Waals surface area contributed by atoms with Crippen LogP contribution >= 0.6 is 0 Å². The van der Waals surface area contributed by atoms with E-state index >= 15 is 0 Å². The summed E-state index contributed by atoms with van der Waals surface area (Å²) in [6.45, 7) is 8.48. The third-order valence-electron chi connectivity index (χ3n) is 0.910. The normalized spacial score (nSPS) is 22.3. The molecule has 2 heteroatoms. The molecular weight excluding hydrogens is 116 g/mol. The molecular formula is C7H16O2. The zero-order valence-corrected chi connectivity index (χ0v) is 6.52. The molecule has 1 saturated heterocycles. The van der Waals surface area contributed by atoms with Crippen molar-refractivity contribution in [3.8, 4) is 0 Å². The largest absolute Gasteiger partial charge is 0.379 e. The summed E-state index contributed by atoms with van der Waals surface area (Å²) in [5, 5.41) is 0. The Morgan fingerprint density at radius 3 is 2.44 bits per heavy atom. The van der Waals surface area contributed by atoms with Gasteiger partial charge in [-0.2, -0.15) is 0 Å². The van der Waals surface area contributed by atoms with Crippen molar-refractivity contribution in [2.75, 3.05) is 19.8 Å². The fraction of sp³-hybridized carbons (Fsp3) is 1.00. The van der Waals surface area contributed by atoms with Crippen LogP contribution in [0.5, 0.6) is 0 Å². The Kier molecular flexibility index (Phi) is 5.99. The third kappa shape index (κ3) is 5.80. The van der Waals surface area contributed by atoms with E-state index in [0.717, 1.165) is 19.8 Å². The van der Waals surface area contributed by atoms with Crippen LogP contribution in [0.2, 0.25) is 0 Å². The predicted octanol–water partition coefficient (Wildman–Crippen LogP) is 1.45. The molecule has 0 spiro atoms. The number of ether oxygens (including phenoxy) is 2. The van der Waals surface area contributed by atoms with Gasteiger partial charge in [0.25, 0.3) is 0 Å². The molecule has 1 fully saturated rings.